The molecule has 1 aromatic heterocycles. The second-order valence-electron chi connectivity index (χ2n) is 4.90. The van der Waals surface area contributed by atoms with E-state index in [4.69, 9.17) is 16.7 Å². The van der Waals surface area contributed by atoms with Crippen LogP contribution in [0.4, 0.5) is 5.82 Å². The van der Waals surface area contributed by atoms with Gasteiger partial charge in [-0.3, -0.25) is 0 Å². The summed E-state index contributed by atoms with van der Waals surface area (Å²) < 4.78 is 0. The molecule has 1 atom stereocenters. The lowest BCUT2D eigenvalue weighted by Crippen LogP contribution is -2.17. The summed E-state index contributed by atoms with van der Waals surface area (Å²) in [4.78, 5) is 15.0. The third-order valence-corrected chi connectivity index (χ3v) is 3.46. The average molecular weight is 305 g/mol. The summed E-state index contributed by atoms with van der Waals surface area (Å²) in [5, 5.41) is 12.3. The Morgan fingerprint density at radius 2 is 2.00 bits per heavy atom. The molecule has 0 radical (unpaired) electrons. The van der Waals surface area contributed by atoms with Crippen LogP contribution in [0.25, 0.3) is 0 Å². The monoisotopic (exact) mass is 304 g/mol. The summed E-state index contributed by atoms with van der Waals surface area (Å²) in [6, 6.07) is 13.6. The van der Waals surface area contributed by atoms with Crippen LogP contribution >= 0.6 is 11.6 Å². The zero-order chi connectivity index (χ0) is 15.2. The van der Waals surface area contributed by atoms with Crippen molar-refractivity contribution in [3.05, 3.63) is 58.7 Å². The van der Waals surface area contributed by atoms with E-state index in [0.29, 0.717) is 5.82 Å². The van der Waals surface area contributed by atoms with Gasteiger partial charge in [0.2, 0.25) is 0 Å². The van der Waals surface area contributed by atoms with Gasteiger partial charge < -0.3 is 10.4 Å². The van der Waals surface area contributed by atoms with Gasteiger partial charge in [-0.1, -0.05) is 41.9 Å². The smallest absolute Gasteiger partial charge is 0.356 e. The highest BCUT2D eigenvalue weighted by Gasteiger charge is 2.12. The molecular formula is C16H17ClN2O2. The van der Waals surface area contributed by atoms with Crippen molar-refractivity contribution in [2.45, 2.75) is 25.8 Å². The summed E-state index contributed by atoms with van der Waals surface area (Å²) in [6.45, 7) is 2.04. The molecule has 1 unspecified atom stereocenters. The van der Waals surface area contributed by atoms with Crippen LogP contribution in [0.5, 0.6) is 0 Å². The summed E-state index contributed by atoms with van der Waals surface area (Å²) in [7, 11) is 0. The van der Waals surface area contributed by atoms with Gasteiger partial charge in [0.05, 0.1) is 5.02 Å². The molecule has 110 valence electrons. The molecule has 2 N–H and O–H groups in total. The maximum absolute atomic E-state index is 11.0. The Morgan fingerprint density at radius 1 is 1.29 bits per heavy atom. The molecule has 0 aliphatic heterocycles. The summed E-state index contributed by atoms with van der Waals surface area (Å²) in [5.41, 5.74) is 1.15. The molecule has 0 aliphatic rings. The number of rotatable bonds is 6. The zero-order valence-corrected chi connectivity index (χ0v) is 12.5. The fraction of sp³-hybridized carbons (Fsp3) is 0.250. The molecule has 0 saturated heterocycles. The van der Waals surface area contributed by atoms with Crippen LogP contribution in [0.1, 0.15) is 29.4 Å². The summed E-state index contributed by atoms with van der Waals surface area (Å²) in [6.07, 6.45) is 1.88. The minimum Gasteiger partial charge on any atom is -0.476 e. The van der Waals surface area contributed by atoms with Gasteiger partial charge in [-0.2, -0.15) is 0 Å². The Morgan fingerprint density at radius 3 is 2.67 bits per heavy atom. The number of carboxylic acids is 1. The number of aromatic carboxylic acids is 1. The van der Waals surface area contributed by atoms with Crippen LogP contribution in [0, 0.1) is 0 Å². The first-order chi connectivity index (χ1) is 10.1. The van der Waals surface area contributed by atoms with Gasteiger partial charge in [-0.05, 0) is 37.5 Å². The van der Waals surface area contributed by atoms with Crippen molar-refractivity contribution in [3.8, 4) is 0 Å². The van der Waals surface area contributed by atoms with Crippen molar-refractivity contribution < 1.29 is 9.90 Å². The highest BCUT2D eigenvalue weighted by molar-refractivity contribution is 6.33. The third kappa shape index (κ3) is 4.46. The average Bonchev–Trinajstić information content (AvgIpc) is 2.48. The number of aromatic nitrogens is 1. The van der Waals surface area contributed by atoms with E-state index in [9.17, 15) is 4.79 Å². The van der Waals surface area contributed by atoms with Crippen molar-refractivity contribution >= 4 is 23.4 Å². The predicted molar refractivity (Wildman–Crippen MR) is 84.1 cm³/mol. The van der Waals surface area contributed by atoms with E-state index < -0.39 is 5.97 Å². The number of carbonyl (C=O) groups is 1. The summed E-state index contributed by atoms with van der Waals surface area (Å²) in [5.74, 6) is -0.599. The Hall–Kier alpha value is -2.07. The van der Waals surface area contributed by atoms with Crippen LogP contribution in [-0.2, 0) is 6.42 Å². The van der Waals surface area contributed by atoms with Crippen molar-refractivity contribution in [1.82, 2.24) is 4.98 Å². The highest BCUT2D eigenvalue weighted by atomic mass is 35.5. The van der Waals surface area contributed by atoms with Crippen LogP contribution < -0.4 is 5.32 Å². The van der Waals surface area contributed by atoms with E-state index in [1.54, 1.807) is 12.1 Å². The number of benzene rings is 1. The van der Waals surface area contributed by atoms with E-state index in [1.807, 2.05) is 25.1 Å². The number of halogens is 1. The van der Waals surface area contributed by atoms with Gasteiger partial charge in [0.15, 0.2) is 5.69 Å². The van der Waals surface area contributed by atoms with Crippen LogP contribution in [0.15, 0.2) is 42.5 Å². The lowest BCUT2D eigenvalue weighted by Gasteiger charge is -2.15. The lowest BCUT2D eigenvalue weighted by atomic mass is 10.1. The maximum atomic E-state index is 11.0. The van der Waals surface area contributed by atoms with E-state index in [1.165, 1.54) is 5.56 Å². The number of carboxylic acid groups (broad SMARTS) is 1. The first-order valence-electron chi connectivity index (χ1n) is 6.76. The number of hydrogen-bond donors (Lipinski definition) is 2. The first kappa shape index (κ1) is 15.3. The number of nitrogens with zero attached hydrogens (tertiary/aromatic N) is 1. The molecule has 0 aliphatic carbocycles. The molecule has 2 aromatic rings. The minimum absolute atomic E-state index is 0.128. The standard InChI is InChI=1S/C16H17ClN2O2/c1-11(7-8-12-5-3-2-4-6-12)18-14-10-9-13(17)15(19-14)16(20)21/h2-6,9-11H,7-8H2,1H3,(H,18,19)(H,20,21). The Bertz CT molecular complexity index is 617. The van der Waals surface area contributed by atoms with Crippen molar-refractivity contribution in [3.63, 3.8) is 0 Å². The number of hydrogen-bond acceptors (Lipinski definition) is 3. The molecule has 4 nitrogen and oxygen atoms in total. The number of nitrogens with one attached hydrogen (secondary N) is 1. The molecule has 0 saturated carbocycles. The molecule has 5 heteroatoms. The Kier molecular flexibility index (Phi) is 5.17. The molecule has 1 aromatic carbocycles. The van der Waals surface area contributed by atoms with E-state index in [2.05, 4.69) is 22.4 Å². The van der Waals surface area contributed by atoms with Crippen molar-refractivity contribution in [2.24, 2.45) is 0 Å². The first-order valence-corrected chi connectivity index (χ1v) is 7.14. The Balaban J connectivity index is 1.95. The highest BCUT2D eigenvalue weighted by Crippen LogP contribution is 2.18. The molecule has 0 fully saturated rings. The Labute approximate surface area is 128 Å². The molecule has 0 amide bonds. The maximum Gasteiger partial charge on any atom is 0.356 e. The van der Waals surface area contributed by atoms with Crippen molar-refractivity contribution in [1.29, 1.82) is 0 Å². The second kappa shape index (κ2) is 7.09. The minimum atomic E-state index is -1.12. The fourth-order valence-electron chi connectivity index (χ4n) is 2.02. The van der Waals surface area contributed by atoms with Gasteiger partial charge in [0.25, 0.3) is 0 Å². The number of anilines is 1. The van der Waals surface area contributed by atoms with Gasteiger partial charge in [-0.25, -0.2) is 9.78 Å². The molecule has 2 rings (SSSR count). The third-order valence-electron chi connectivity index (χ3n) is 3.15. The van der Waals surface area contributed by atoms with Gasteiger partial charge in [0.1, 0.15) is 5.82 Å². The van der Waals surface area contributed by atoms with E-state index in [0.717, 1.165) is 12.8 Å². The fourth-order valence-corrected chi connectivity index (χ4v) is 2.21. The molecular weight excluding hydrogens is 288 g/mol. The second-order valence-corrected chi connectivity index (χ2v) is 5.31. The largest absolute Gasteiger partial charge is 0.476 e. The van der Waals surface area contributed by atoms with Crippen molar-refractivity contribution in [2.75, 3.05) is 5.32 Å². The van der Waals surface area contributed by atoms with E-state index >= 15 is 0 Å². The number of aryl methyl sites for hydroxylation is 1. The summed E-state index contributed by atoms with van der Waals surface area (Å²) >= 11 is 5.80. The molecule has 0 spiro atoms. The van der Waals surface area contributed by atoms with Gasteiger partial charge in [0, 0.05) is 6.04 Å². The quantitative estimate of drug-likeness (QED) is 0.850. The zero-order valence-electron chi connectivity index (χ0n) is 11.7. The van der Waals surface area contributed by atoms with Crippen LogP contribution in [0.2, 0.25) is 5.02 Å². The molecule has 0 bridgehead atoms. The van der Waals surface area contributed by atoms with E-state index in [-0.39, 0.29) is 16.8 Å². The predicted octanol–water partition coefficient (Wildman–Crippen LogP) is 3.87. The lowest BCUT2D eigenvalue weighted by molar-refractivity contribution is 0.0691. The van der Waals surface area contributed by atoms with Gasteiger partial charge in [-0.15, -0.1) is 0 Å². The topological polar surface area (TPSA) is 62.2 Å². The molecule has 21 heavy (non-hydrogen) atoms. The number of pyridine rings is 1. The SMILES string of the molecule is CC(CCc1ccccc1)Nc1ccc(Cl)c(C(=O)O)n1. The molecule has 1 heterocycles. The van der Waals surface area contributed by atoms with Gasteiger partial charge >= 0.3 is 5.97 Å². The normalized spacial score (nSPS) is 11.9. The van der Waals surface area contributed by atoms with Crippen LogP contribution in [0.3, 0.4) is 0 Å². The van der Waals surface area contributed by atoms with Crippen LogP contribution in [-0.4, -0.2) is 22.1 Å².